The molecule has 0 fully saturated rings. The monoisotopic (exact) mass is 184 g/mol. The second-order valence-corrected chi connectivity index (χ2v) is 2.62. The highest BCUT2D eigenvalue weighted by Crippen LogP contribution is 2.15. The molecule has 0 aliphatic rings. The predicted octanol–water partition coefficient (Wildman–Crippen LogP) is 0.573. The van der Waals surface area contributed by atoms with E-state index in [0.29, 0.717) is 12.2 Å². The Balaban J connectivity index is 3.06. The van der Waals surface area contributed by atoms with Crippen LogP contribution in [0, 0.1) is 0 Å². The van der Waals surface area contributed by atoms with Crippen LogP contribution in [0.1, 0.15) is 25.3 Å². The molecule has 1 aromatic heterocycles. The number of aromatic nitrogens is 2. The van der Waals surface area contributed by atoms with Gasteiger partial charge in [-0.25, -0.2) is 0 Å². The van der Waals surface area contributed by atoms with Crippen molar-refractivity contribution in [1.29, 1.82) is 0 Å². The quantitative estimate of drug-likeness (QED) is 0.720. The second kappa shape index (κ2) is 4.04. The van der Waals surface area contributed by atoms with E-state index in [-0.39, 0.29) is 17.5 Å². The molecule has 13 heavy (non-hydrogen) atoms. The average Bonchev–Trinajstić information content (AvgIpc) is 2.04. The molecule has 1 aromatic rings. The molecule has 0 saturated heterocycles. The van der Waals surface area contributed by atoms with E-state index in [4.69, 9.17) is 9.84 Å². The number of aromatic amines is 1. The third-order valence-corrected chi connectivity index (χ3v) is 1.71. The minimum atomic E-state index is -0.377. The Labute approximate surface area is 75.4 Å². The fourth-order valence-corrected chi connectivity index (χ4v) is 1.09. The first-order valence-electron chi connectivity index (χ1n) is 4.00. The van der Waals surface area contributed by atoms with Crippen LogP contribution < -0.4 is 5.56 Å². The van der Waals surface area contributed by atoms with Gasteiger partial charge in [0.2, 0.25) is 5.88 Å². The zero-order valence-electron chi connectivity index (χ0n) is 7.57. The lowest BCUT2D eigenvalue weighted by Crippen LogP contribution is -2.13. The van der Waals surface area contributed by atoms with E-state index in [1.165, 1.54) is 7.11 Å². The minimum absolute atomic E-state index is 0.278. The molecule has 2 N–H and O–H groups in total. The van der Waals surface area contributed by atoms with Gasteiger partial charge in [-0.15, -0.1) is 0 Å². The summed E-state index contributed by atoms with van der Waals surface area (Å²) in [7, 11) is 1.53. The minimum Gasteiger partial charge on any atom is -0.493 e. The van der Waals surface area contributed by atoms with Gasteiger partial charge in [0.1, 0.15) is 11.9 Å². The molecular formula is C8H12N2O3. The lowest BCUT2D eigenvalue weighted by atomic mass is 10.2. The molecule has 5 heteroatoms. The van der Waals surface area contributed by atoms with Crippen molar-refractivity contribution in [2.45, 2.75) is 19.4 Å². The first-order chi connectivity index (χ1) is 6.17. The Kier molecular flexibility index (Phi) is 3.02. The van der Waals surface area contributed by atoms with Gasteiger partial charge in [0, 0.05) is 7.11 Å². The van der Waals surface area contributed by atoms with Crippen LogP contribution in [0.15, 0.2) is 10.9 Å². The zero-order chi connectivity index (χ0) is 9.84. The van der Waals surface area contributed by atoms with Crippen LogP contribution in [-0.2, 0) is 4.74 Å². The van der Waals surface area contributed by atoms with E-state index in [1.807, 2.05) is 6.92 Å². The molecule has 0 spiro atoms. The highest BCUT2D eigenvalue weighted by Gasteiger charge is 2.11. The van der Waals surface area contributed by atoms with Crippen LogP contribution in [0.3, 0.4) is 0 Å². The fourth-order valence-electron chi connectivity index (χ4n) is 1.09. The molecule has 72 valence electrons. The Bertz CT molecular complexity index is 330. The van der Waals surface area contributed by atoms with Crippen molar-refractivity contribution in [2.24, 2.45) is 0 Å². The van der Waals surface area contributed by atoms with Crippen molar-refractivity contribution < 1.29 is 9.84 Å². The van der Waals surface area contributed by atoms with E-state index < -0.39 is 0 Å². The summed E-state index contributed by atoms with van der Waals surface area (Å²) in [6.07, 6.45) is 0.405. The van der Waals surface area contributed by atoms with Crippen molar-refractivity contribution in [3.8, 4) is 5.88 Å². The maximum absolute atomic E-state index is 10.9. The number of hydrogen-bond donors (Lipinski definition) is 2. The molecule has 1 unspecified atom stereocenters. The van der Waals surface area contributed by atoms with Gasteiger partial charge < -0.3 is 14.8 Å². The molecule has 0 aliphatic carbocycles. The number of aromatic hydroxyl groups is 1. The number of H-pyrrole nitrogens is 1. The van der Waals surface area contributed by atoms with Gasteiger partial charge in [-0.05, 0) is 6.42 Å². The third kappa shape index (κ3) is 2.29. The van der Waals surface area contributed by atoms with Gasteiger partial charge >= 0.3 is 0 Å². The van der Waals surface area contributed by atoms with E-state index in [2.05, 4.69) is 9.97 Å². The van der Waals surface area contributed by atoms with E-state index >= 15 is 0 Å². The van der Waals surface area contributed by atoms with Crippen molar-refractivity contribution in [1.82, 2.24) is 9.97 Å². The number of nitrogens with one attached hydrogen (secondary N) is 1. The molecule has 0 aliphatic heterocycles. The summed E-state index contributed by atoms with van der Waals surface area (Å²) in [6, 6.07) is 1.02. The number of rotatable bonds is 3. The molecule has 0 amide bonds. The molecule has 1 rings (SSSR count). The standard InChI is InChI=1S/C8H12N2O3/c1-3-5(13-2)8-9-6(11)4-7(12)10-8/h4-5H,3H2,1-2H3,(H2,9,10,11,12). The van der Waals surface area contributed by atoms with Crippen molar-refractivity contribution in [3.05, 3.63) is 22.2 Å². The number of methoxy groups -OCH3 is 1. The molecule has 5 nitrogen and oxygen atoms in total. The predicted molar refractivity (Wildman–Crippen MR) is 46.6 cm³/mol. The summed E-state index contributed by atoms with van der Waals surface area (Å²) >= 11 is 0. The van der Waals surface area contributed by atoms with Crippen LogP contribution >= 0.6 is 0 Å². The maximum atomic E-state index is 10.9. The van der Waals surface area contributed by atoms with Gasteiger partial charge in [0.05, 0.1) is 6.07 Å². The smallest absolute Gasteiger partial charge is 0.254 e. The Hall–Kier alpha value is -1.36. The summed E-state index contributed by atoms with van der Waals surface area (Å²) in [6.45, 7) is 1.90. The van der Waals surface area contributed by atoms with Crippen LogP contribution in [0.4, 0.5) is 0 Å². The molecule has 0 bridgehead atoms. The zero-order valence-corrected chi connectivity index (χ0v) is 7.57. The molecule has 0 aromatic carbocycles. The van der Waals surface area contributed by atoms with Gasteiger partial charge in [-0.1, -0.05) is 6.92 Å². The molecule has 0 radical (unpaired) electrons. The second-order valence-electron chi connectivity index (χ2n) is 2.62. The lowest BCUT2D eigenvalue weighted by Gasteiger charge is -2.11. The lowest BCUT2D eigenvalue weighted by molar-refractivity contribution is 0.0917. The highest BCUT2D eigenvalue weighted by molar-refractivity contribution is 5.07. The Morgan fingerprint density at radius 2 is 2.46 bits per heavy atom. The third-order valence-electron chi connectivity index (χ3n) is 1.71. The Morgan fingerprint density at radius 3 is 2.92 bits per heavy atom. The normalized spacial score (nSPS) is 12.8. The number of ether oxygens (including phenoxy) is 1. The number of hydrogen-bond acceptors (Lipinski definition) is 4. The summed E-state index contributed by atoms with van der Waals surface area (Å²) in [5.41, 5.74) is -0.377. The van der Waals surface area contributed by atoms with Crippen LogP contribution in [0.2, 0.25) is 0 Å². The average molecular weight is 184 g/mol. The van der Waals surface area contributed by atoms with Crippen LogP contribution in [0.5, 0.6) is 5.88 Å². The number of nitrogens with zero attached hydrogens (tertiary/aromatic N) is 1. The maximum Gasteiger partial charge on any atom is 0.254 e. The first kappa shape index (κ1) is 9.73. The van der Waals surface area contributed by atoms with Crippen molar-refractivity contribution >= 4 is 0 Å². The summed E-state index contributed by atoms with van der Waals surface area (Å²) in [5, 5.41) is 9.05. The van der Waals surface area contributed by atoms with Gasteiger partial charge in [-0.3, -0.25) is 4.79 Å². The van der Waals surface area contributed by atoms with E-state index in [9.17, 15) is 4.79 Å². The summed E-state index contributed by atoms with van der Waals surface area (Å²) in [4.78, 5) is 17.2. The van der Waals surface area contributed by atoms with E-state index in [1.54, 1.807) is 0 Å². The van der Waals surface area contributed by atoms with E-state index in [0.717, 1.165) is 6.07 Å². The van der Waals surface area contributed by atoms with Crippen molar-refractivity contribution in [3.63, 3.8) is 0 Å². The topological polar surface area (TPSA) is 75.2 Å². The van der Waals surface area contributed by atoms with Gasteiger partial charge in [-0.2, -0.15) is 4.98 Å². The van der Waals surface area contributed by atoms with Gasteiger partial charge in [0.15, 0.2) is 0 Å². The molecular weight excluding hydrogens is 172 g/mol. The Morgan fingerprint density at radius 1 is 1.77 bits per heavy atom. The molecule has 0 saturated carbocycles. The molecule has 1 atom stereocenters. The van der Waals surface area contributed by atoms with Crippen LogP contribution in [-0.4, -0.2) is 22.2 Å². The SMILES string of the molecule is CCC(OC)c1nc(O)cc(=O)[nH]1. The largest absolute Gasteiger partial charge is 0.493 e. The fraction of sp³-hybridized carbons (Fsp3) is 0.500. The first-order valence-corrected chi connectivity index (χ1v) is 4.00. The summed E-state index contributed by atoms with van der Waals surface area (Å²) in [5.74, 6) is 0.0734. The van der Waals surface area contributed by atoms with Crippen LogP contribution in [0.25, 0.3) is 0 Å². The molecule has 1 heterocycles. The highest BCUT2D eigenvalue weighted by atomic mass is 16.5. The van der Waals surface area contributed by atoms with Gasteiger partial charge in [0.25, 0.3) is 5.56 Å². The van der Waals surface area contributed by atoms with Crippen molar-refractivity contribution in [2.75, 3.05) is 7.11 Å². The summed E-state index contributed by atoms with van der Waals surface area (Å²) < 4.78 is 5.05.